The smallest absolute Gasteiger partial charge is 0.262 e. The Balaban J connectivity index is 2.12. The fourth-order valence-corrected chi connectivity index (χ4v) is 2.69. The summed E-state index contributed by atoms with van der Waals surface area (Å²) >= 11 is 0. The molecular weight excluding hydrogens is 332 g/mol. The second kappa shape index (κ2) is 7.92. The van der Waals surface area contributed by atoms with Crippen LogP contribution < -0.4 is 16.2 Å². The van der Waals surface area contributed by atoms with Gasteiger partial charge in [0.05, 0.1) is 24.2 Å². The minimum Gasteiger partial charge on any atom is -0.394 e. The highest BCUT2D eigenvalue weighted by Crippen LogP contribution is 2.24. The summed E-state index contributed by atoms with van der Waals surface area (Å²) in [7, 11) is 0. The fraction of sp³-hybridized carbons (Fsp3) is 0.333. The summed E-state index contributed by atoms with van der Waals surface area (Å²) < 4.78 is 1.63. The van der Waals surface area contributed by atoms with Gasteiger partial charge in [-0.25, -0.2) is 9.97 Å². The second-order valence-electron chi connectivity index (χ2n) is 5.87. The third kappa shape index (κ3) is 3.65. The Morgan fingerprint density at radius 2 is 2.12 bits per heavy atom. The van der Waals surface area contributed by atoms with Gasteiger partial charge in [-0.3, -0.25) is 9.78 Å². The molecule has 3 N–H and O–H groups in total. The molecule has 8 heteroatoms. The summed E-state index contributed by atoms with van der Waals surface area (Å²) in [6, 6.07) is 3.50. The van der Waals surface area contributed by atoms with Gasteiger partial charge in [-0.1, -0.05) is 6.92 Å². The van der Waals surface area contributed by atoms with E-state index in [2.05, 4.69) is 25.6 Å². The number of aliphatic hydroxyl groups excluding tert-OH is 1. The molecule has 26 heavy (non-hydrogen) atoms. The van der Waals surface area contributed by atoms with E-state index in [-0.39, 0.29) is 18.2 Å². The van der Waals surface area contributed by atoms with E-state index in [9.17, 15) is 9.90 Å². The van der Waals surface area contributed by atoms with Gasteiger partial charge in [0.15, 0.2) is 0 Å². The number of nitrogens with one attached hydrogen (secondary N) is 2. The van der Waals surface area contributed by atoms with Crippen LogP contribution in [0.15, 0.2) is 41.7 Å². The van der Waals surface area contributed by atoms with Gasteiger partial charge >= 0.3 is 0 Å². The van der Waals surface area contributed by atoms with Crippen LogP contribution in [0.1, 0.15) is 20.3 Å². The molecule has 3 aromatic heterocycles. The van der Waals surface area contributed by atoms with Gasteiger partial charge in [0.2, 0.25) is 0 Å². The van der Waals surface area contributed by atoms with Crippen molar-refractivity contribution in [2.45, 2.75) is 32.9 Å². The minimum absolute atomic E-state index is 0.0453. The maximum Gasteiger partial charge on any atom is 0.262 e. The van der Waals surface area contributed by atoms with Crippen LogP contribution in [0.4, 0.5) is 17.5 Å². The highest BCUT2D eigenvalue weighted by Gasteiger charge is 2.14. The van der Waals surface area contributed by atoms with E-state index in [0.717, 1.165) is 5.39 Å². The molecule has 0 radical (unpaired) electrons. The van der Waals surface area contributed by atoms with Gasteiger partial charge in [0, 0.05) is 25.1 Å². The Morgan fingerprint density at radius 3 is 2.77 bits per heavy atom. The van der Waals surface area contributed by atoms with Gasteiger partial charge in [0.25, 0.3) is 5.56 Å². The topological polar surface area (TPSA) is 105 Å². The summed E-state index contributed by atoms with van der Waals surface area (Å²) in [6.07, 6.45) is 7.24. The SMILES string of the molecule is CC[C@H](CO)Nc1nc(Nc2cnccn2)cc2ccn(CC)c(=O)c12. The fourth-order valence-electron chi connectivity index (χ4n) is 2.69. The van der Waals surface area contributed by atoms with Crippen molar-refractivity contribution in [3.05, 3.63) is 47.3 Å². The van der Waals surface area contributed by atoms with E-state index in [1.807, 2.05) is 19.9 Å². The number of pyridine rings is 2. The first-order valence-corrected chi connectivity index (χ1v) is 8.60. The molecule has 0 aliphatic heterocycles. The molecule has 3 rings (SSSR count). The first-order valence-electron chi connectivity index (χ1n) is 8.60. The maximum atomic E-state index is 12.8. The Kier molecular flexibility index (Phi) is 5.43. The van der Waals surface area contributed by atoms with Crippen LogP contribution in [-0.2, 0) is 6.54 Å². The van der Waals surface area contributed by atoms with Crippen LogP contribution >= 0.6 is 0 Å². The molecular formula is C18H22N6O2. The summed E-state index contributed by atoms with van der Waals surface area (Å²) in [6.45, 7) is 4.41. The van der Waals surface area contributed by atoms with E-state index in [1.165, 1.54) is 0 Å². The zero-order chi connectivity index (χ0) is 18.5. The molecule has 136 valence electrons. The van der Waals surface area contributed by atoms with Crippen molar-refractivity contribution in [2.24, 2.45) is 0 Å². The Morgan fingerprint density at radius 1 is 1.27 bits per heavy atom. The summed E-state index contributed by atoms with van der Waals surface area (Å²) in [5.74, 6) is 1.55. The predicted molar refractivity (Wildman–Crippen MR) is 102 cm³/mol. The maximum absolute atomic E-state index is 12.8. The van der Waals surface area contributed by atoms with Crippen LogP contribution in [0.25, 0.3) is 10.8 Å². The predicted octanol–water partition coefficient (Wildman–Crippen LogP) is 2.13. The molecule has 0 aliphatic rings. The average Bonchev–Trinajstić information content (AvgIpc) is 2.67. The number of fused-ring (bicyclic) bond motifs is 1. The quantitative estimate of drug-likeness (QED) is 0.597. The molecule has 0 saturated carbocycles. The molecule has 0 fully saturated rings. The Hall–Kier alpha value is -3.00. The van der Waals surface area contributed by atoms with E-state index in [0.29, 0.717) is 35.8 Å². The van der Waals surface area contributed by atoms with Gasteiger partial charge in [-0.15, -0.1) is 0 Å². The number of anilines is 3. The lowest BCUT2D eigenvalue weighted by Gasteiger charge is -2.18. The van der Waals surface area contributed by atoms with Crippen LogP contribution in [0.2, 0.25) is 0 Å². The van der Waals surface area contributed by atoms with Crippen LogP contribution in [-0.4, -0.2) is 37.3 Å². The molecule has 3 aromatic rings. The molecule has 0 unspecified atom stereocenters. The molecule has 0 spiro atoms. The molecule has 3 heterocycles. The number of aliphatic hydroxyl groups is 1. The average molecular weight is 354 g/mol. The number of hydrogen-bond acceptors (Lipinski definition) is 7. The number of aromatic nitrogens is 4. The molecule has 0 bridgehead atoms. The number of rotatable bonds is 7. The van der Waals surface area contributed by atoms with E-state index < -0.39 is 0 Å². The van der Waals surface area contributed by atoms with Gasteiger partial charge in [0.1, 0.15) is 17.5 Å². The third-order valence-corrected chi connectivity index (χ3v) is 4.17. The van der Waals surface area contributed by atoms with Crippen LogP contribution in [0, 0.1) is 0 Å². The van der Waals surface area contributed by atoms with E-state index in [4.69, 9.17) is 0 Å². The largest absolute Gasteiger partial charge is 0.394 e. The Bertz CT molecular complexity index is 938. The van der Waals surface area contributed by atoms with Gasteiger partial charge in [-0.05, 0) is 30.9 Å². The number of aryl methyl sites for hydroxylation is 1. The normalized spacial score (nSPS) is 12.1. The molecule has 1 atom stereocenters. The summed E-state index contributed by atoms with van der Waals surface area (Å²) in [5.41, 5.74) is -0.112. The lowest BCUT2D eigenvalue weighted by atomic mass is 10.1. The van der Waals surface area contributed by atoms with Crippen molar-refractivity contribution in [1.29, 1.82) is 0 Å². The first kappa shape index (κ1) is 17.8. The minimum atomic E-state index is -0.188. The zero-order valence-electron chi connectivity index (χ0n) is 14.8. The Labute approximate surface area is 151 Å². The zero-order valence-corrected chi connectivity index (χ0v) is 14.8. The molecule has 0 aliphatic carbocycles. The molecule has 8 nitrogen and oxygen atoms in total. The highest BCUT2D eigenvalue weighted by molar-refractivity contribution is 5.93. The van der Waals surface area contributed by atoms with Gasteiger partial charge < -0.3 is 20.3 Å². The van der Waals surface area contributed by atoms with E-state index >= 15 is 0 Å². The highest BCUT2D eigenvalue weighted by atomic mass is 16.3. The van der Waals surface area contributed by atoms with Crippen molar-refractivity contribution < 1.29 is 5.11 Å². The van der Waals surface area contributed by atoms with Crippen molar-refractivity contribution in [1.82, 2.24) is 19.5 Å². The van der Waals surface area contributed by atoms with Gasteiger partial charge in [-0.2, -0.15) is 0 Å². The first-order chi connectivity index (χ1) is 12.7. The van der Waals surface area contributed by atoms with E-state index in [1.54, 1.807) is 35.4 Å². The van der Waals surface area contributed by atoms with Crippen molar-refractivity contribution in [3.63, 3.8) is 0 Å². The third-order valence-electron chi connectivity index (χ3n) is 4.17. The number of nitrogens with zero attached hydrogens (tertiary/aromatic N) is 4. The van der Waals surface area contributed by atoms with Crippen LogP contribution in [0.5, 0.6) is 0 Å². The van der Waals surface area contributed by atoms with Crippen molar-refractivity contribution >= 4 is 28.2 Å². The molecule has 0 aromatic carbocycles. The lowest BCUT2D eigenvalue weighted by molar-refractivity contribution is 0.271. The molecule has 0 saturated heterocycles. The standard InChI is InChI=1S/C18H22N6O2/c1-3-13(11-25)21-17-16-12(5-8-24(4-2)18(16)26)9-14(23-17)22-15-10-19-6-7-20-15/h5-10,13,25H,3-4,11H2,1-2H3,(H2,20,21,22,23)/t13-/m1/s1. The number of hydrogen-bond donors (Lipinski definition) is 3. The molecule has 0 amide bonds. The lowest BCUT2D eigenvalue weighted by Crippen LogP contribution is -2.26. The second-order valence-corrected chi connectivity index (χ2v) is 5.87. The van der Waals surface area contributed by atoms with Crippen molar-refractivity contribution in [2.75, 3.05) is 17.2 Å². The van der Waals surface area contributed by atoms with Crippen LogP contribution in [0.3, 0.4) is 0 Å². The summed E-state index contributed by atoms with van der Waals surface area (Å²) in [5, 5.41) is 17.1. The summed E-state index contributed by atoms with van der Waals surface area (Å²) in [4.78, 5) is 25.5. The monoisotopic (exact) mass is 354 g/mol. The van der Waals surface area contributed by atoms with Crippen molar-refractivity contribution in [3.8, 4) is 0 Å².